The Morgan fingerprint density at radius 2 is 2.04 bits per heavy atom. The van der Waals surface area contributed by atoms with Gasteiger partial charge in [0.1, 0.15) is 6.61 Å². The molecule has 1 aliphatic carbocycles. The van der Waals surface area contributed by atoms with Crippen LogP contribution in [0.15, 0.2) is 29.4 Å². The van der Waals surface area contributed by atoms with E-state index in [-0.39, 0.29) is 11.7 Å². The first-order chi connectivity index (χ1) is 12.7. The predicted molar refractivity (Wildman–Crippen MR) is 96.6 cm³/mol. The van der Waals surface area contributed by atoms with Crippen molar-refractivity contribution in [3.63, 3.8) is 0 Å². The van der Waals surface area contributed by atoms with Gasteiger partial charge >= 0.3 is 0 Å². The summed E-state index contributed by atoms with van der Waals surface area (Å²) in [5.41, 5.74) is 0. The number of ether oxygens (including phenoxy) is 2. The van der Waals surface area contributed by atoms with E-state index in [1.54, 1.807) is 0 Å². The van der Waals surface area contributed by atoms with Gasteiger partial charge in [0.15, 0.2) is 23.4 Å². The molecular formula is C17H21N5O3S. The maximum absolute atomic E-state index is 12.1. The Hall–Kier alpha value is -2.42. The van der Waals surface area contributed by atoms with Crippen molar-refractivity contribution in [3.05, 3.63) is 30.1 Å². The highest BCUT2D eigenvalue weighted by molar-refractivity contribution is 7.99. The van der Waals surface area contributed by atoms with Gasteiger partial charge in [0, 0.05) is 6.04 Å². The number of fused-ring (bicyclic) bond motifs is 1. The number of thioether (sulfide) groups is 1. The monoisotopic (exact) mass is 375 g/mol. The van der Waals surface area contributed by atoms with E-state index in [1.165, 1.54) is 29.3 Å². The topological polar surface area (TPSA) is 104 Å². The zero-order valence-electron chi connectivity index (χ0n) is 14.3. The van der Waals surface area contributed by atoms with Gasteiger partial charge in [-0.1, -0.05) is 36.7 Å². The summed E-state index contributed by atoms with van der Waals surface area (Å²) in [6.45, 7) is 0.305. The van der Waals surface area contributed by atoms with E-state index in [0.29, 0.717) is 35.1 Å². The Balaban J connectivity index is 1.36. The molecule has 4 rings (SSSR count). The minimum absolute atomic E-state index is 0.00220. The van der Waals surface area contributed by atoms with Crippen molar-refractivity contribution < 1.29 is 14.3 Å². The smallest absolute Gasteiger partial charge is 0.230 e. The van der Waals surface area contributed by atoms with E-state index in [0.717, 1.165) is 12.8 Å². The molecule has 1 aromatic heterocycles. The molecule has 1 aliphatic heterocycles. The molecule has 2 aliphatic rings. The van der Waals surface area contributed by atoms with Gasteiger partial charge in [-0.15, -0.1) is 10.2 Å². The van der Waals surface area contributed by atoms with Gasteiger partial charge in [-0.3, -0.25) is 4.79 Å². The van der Waals surface area contributed by atoms with Gasteiger partial charge in [-0.2, -0.15) is 0 Å². The molecule has 138 valence electrons. The van der Waals surface area contributed by atoms with Gasteiger partial charge in [0.25, 0.3) is 0 Å². The number of nitrogens with one attached hydrogen (secondary N) is 1. The van der Waals surface area contributed by atoms with E-state index in [4.69, 9.17) is 15.3 Å². The van der Waals surface area contributed by atoms with Crippen LogP contribution in [-0.4, -0.2) is 39.2 Å². The van der Waals surface area contributed by atoms with E-state index in [1.807, 2.05) is 24.3 Å². The lowest BCUT2D eigenvalue weighted by Gasteiger charge is -2.25. The molecule has 2 aromatic rings. The minimum Gasteiger partial charge on any atom is -0.485 e. The fourth-order valence-electron chi connectivity index (χ4n) is 3.22. The van der Waals surface area contributed by atoms with Crippen LogP contribution in [0.2, 0.25) is 0 Å². The second-order valence-corrected chi connectivity index (χ2v) is 7.36. The van der Waals surface area contributed by atoms with Gasteiger partial charge in [0.2, 0.25) is 11.1 Å². The van der Waals surface area contributed by atoms with Gasteiger partial charge in [-0.05, 0) is 25.0 Å². The molecule has 0 radical (unpaired) electrons. The van der Waals surface area contributed by atoms with Crippen LogP contribution >= 0.6 is 11.8 Å². The van der Waals surface area contributed by atoms with E-state index < -0.39 is 6.10 Å². The van der Waals surface area contributed by atoms with Crippen LogP contribution in [0, 0.1) is 0 Å². The third-order valence-corrected chi connectivity index (χ3v) is 5.48. The van der Waals surface area contributed by atoms with Crippen molar-refractivity contribution in [1.29, 1.82) is 0 Å². The summed E-state index contributed by atoms with van der Waals surface area (Å²) in [5.74, 6) is 8.19. The van der Waals surface area contributed by atoms with Crippen molar-refractivity contribution in [1.82, 2.24) is 20.2 Å². The molecule has 1 unspecified atom stereocenters. The van der Waals surface area contributed by atoms with Crippen molar-refractivity contribution in [3.8, 4) is 11.5 Å². The number of aromatic nitrogens is 3. The summed E-state index contributed by atoms with van der Waals surface area (Å²) in [7, 11) is 0. The molecule has 1 atom stereocenters. The molecule has 26 heavy (non-hydrogen) atoms. The van der Waals surface area contributed by atoms with Crippen LogP contribution in [-0.2, 0) is 4.79 Å². The summed E-state index contributed by atoms with van der Waals surface area (Å²) in [4.78, 5) is 12.1. The van der Waals surface area contributed by atoms with E-state index in [2.05, 4.69) is 15.5 Å². The molecule has 3 N–H and O–H groups in total. The highest BCUT2D eigenvalue weighted by Gasteiger charge is 2.28. The van der Waals surface area contributed by atoms with Crippen molar-refractivity contribution in [2.75, 3.05) is 18.2 Å². The normalized spacial score (nSPS) is 19.5. The lowest BCUT2D eigenvalue weighted by atomic mass is 10.2. The lowest BCUT2D eigenvalue weighted by Crippen LogP contribution is -2.34. The first kappa shape index (κ1) is 17.0. The quantitative estimate of drug-likeness (QED) is 0.605. The summed E-state index contributed by atoms with van der Waals surface area (Å²) in [6.07, 6.45) is 4.06. The Bertz CT molecular complexity index is 790. The number of nitrogens with zero attached hydrogens (tertiary/aromatic N) is 3. The van der Waals surface area contributed by atoms with Gasteiger partial charge in [0.05, 0.1) is 5.75 Å². The number of benzene rings is 1. The van der Waals surface area contributed by atoms with Crippen LogP contribution in [0.5, 0.6) is 11.5 Å². The zero-order valence-corrected chi connectivity index (χ0v) is 15.1. The number of carbonyl (C=O) groups excluding carboxylic acids is 1. The Morgan fingerprint density at radius 1 is 1.27 bits per heavy atom. The molecule has 8 nitrogen and oxygen atoms in total. The highest BCUT2D eigenvalue weighted by atomic mass is 32.2. The molecule has 1 aromatic carbocycles. The van der Waals surface area contributed by atoms with Crippen molar-refractivity contribution in [2.24, 2.45) is 0 Å². The number of hydrogen-bond acceptors (Lipinski definition) is 7. The summed E-state index contributed by atoms with van der Waals surface area (Å²) in [5, 5.41) is 11.7. The standard InChI is InChI=1S/C17H21N5O3S/c18-22-16(14-9-24-12-7-3-4-8-13(12)25-14)20-21-17(22)26-10-15(23)19-11-5-1-2-6-11/h3-4,7-8,11,14H,1-2,5-6,9-10,18H2,(H,19,23). The SMILES string of the molecule is Nn1c(SCC(=O)NC2CCCC2)nnc1C1COc2ccccc2O1. The fraction of sp³-hybridized carbons (Fsp3) is 0.471. The van der Waals surface area contributed by atoms with Crippen LogP contribution in [0.4, 0.5) is 0 Å². The van der Waals surface area contributed by atoms with Crippen LogP contribution in [0.1, 0.15) is 37.6 Å². The molecule has 2 heterocycles. The molecule has 1 amide bonds. The average Bonchev–Trinajstić information content (AvgIpc) is 3.29. The Labute approximate surface area is 155 Å². The number of nitrogens with two attached hydrogens (primary N) is 1. The number of para-hydroxylation sites is 2. The van der Waals surface area contributed by atoms with Gasteiger partial charge < -0.3 is 20.6 Å². The second kappa shape index (κ2) is 7.45. The van der Waals surface area contributed by atoms with E-state index >= 15 is 0 Å². The highest BCUT2D eigenvalue weighted by Crippen LogP contribution is 2.35. The largest absolute Gasteiger partial charge is 0.485 e. The number of hydrogen-bond donors (Lipinski definition) is 2. The summed E-state index contributed by atoms with van der Waals surface area (Å²) in [6, 6.07) is 7.76. The third kappa shape index (κ3) is 3.57. The lowest BCUT2D eigenvalue weighted by molar-refractivity contribution is -0.119. The minimum atomic E-state index is -0.441. The molecule has 0 bridgehead atoms. The number of rotatable bonds is 5. The number of nitrogen functional groups attached to an aromatic ring is 1. The Morgan fingerprint density at radius 3 is 2.85 bits per heavy atom. The first-order valence-electron chi connectivity index (χ1n) is 8.72. The Kier molecular flexibility index (Phi) is 4.87. The number of amides is 1. The molecule has 9 heteroatoms. The van der Waals surface area contributed by atoms with Crippen LogP contribution in [0.3, 0.4) is 0 Å². The third-order valence-electron chi connectivity index (χ3n) is 4.54. The zero-order chi connectivity index (χ0) is 17.9. The first-order valence-corrected chi connectivity index (χ1v) is 9.70. The van der Waals surface area contributed by atoms with Gasteiger partial charge in [-0.25, -0.2) is 4.68 Å². The van der Waals surface area contributed by atoms with Crippen molar-refractivity contribution >= 4 is 17.7 Å². The van der Waals surface area contributed by atoms with Crippen LogP contribution < -0.4 is 20.6 Å². The fourth-order valence-corrected chi connectivity index (χ4v) is 3.90. The summed E-state index contributed by atoms with van der Waals surface area (Å²) >= 11 is 1.26. The number of carbonyl (C=O) groups is 1. The molecule has 1 fully saturated rings. The predicted octanol–water partition coefficient (Wildman–Crippen LogP) is 1.66. The maximum atomic E-state index is 12.1. The van der Waals surface area contributed by atoms with E-state index in [9.17, 15) is 4.79 Å². The molecule has 0 saturated heterocycles. The average molecular weight is 375 g/mol. The molecular weight excluding hydrogens is 354 g/mol. The molecule has 1 saturated carbocycles. The second-order valence-electron chi connectivity index (χ2n) is 6.41. The van der Waals surface area contributed by atoms with Crippen LogP contribution in [0.25, 0.3) is 0 Å². The molecule has 0 spiro atoms. The summed E-state index contributed by atoms with van der Waals surface area (Å²) < 4.78 is 13.0. The van der Waals surface area contributed by atoms with Crippen molar-refractivity contribution in [2.45, 2.75) is 43.0 Å². The maximum Gasteiger partial charge on any atom is 0.230 e.